The molecule has 5 heteroatoms. The smallest absolute Gasteiger partial charge is 0.406 e. The number of carbonyl (C=O) groups excluding carboxylic acids is 1. The summed E-state index contributed by atoms with van der Waals surface area (Å²) in [4.78, 5) is 25.2. The minimum Gasteiger partial charge on any atom is -0.453 e. The first kappa shape index (κ1) is 13.1. The highest BCUT2D eigenvalue weighted by Gasteiger charge is 2.02. The van der Waals surface area contributed by atoms with Crippen molar-refractivity contribution in [3.05, 3.63) is 45.7 Å². The maximum absolute atomic E-state index is 11.5. The SMILES string of the molecule is COC(=O)NCCc1ccc2[nH]c(=O)c(C)cc2c1. The summed E-state index contributed by atoms with van der Waals surface area (Å²) in [7, 11) is 1.34. The van der Waals surface area contributed by atoms with Crippen molar-refractivity contribution in [3.63, 3.8) is 0 Å². The normalized spacial score (nSPS) is 10.4. The average molecular weight is 260 g/mol. The quantitative estimate of drug-likeness (QED) is 0.883. The Kier molecular flexibility index (Phi) is 3.85. The summed E-state index contributed by atoms with van der Waals surface area (Å²) in [5.74, 6) is 0. The second-order valence-electron chi connectivity index (χ2n) is 4.37. The summed E-state index contributed by atoms with van der Waals surface area (Å²) in [5, 5.41) is 3.62. The molecular formula is C14H16N2O3. The summed E-state index contributed by atoms with van der Waals surface area (Å²) in [6, 6.07) is 7.69. The van der Waals surface area contributed by atoms with E-state index in [1.165, 1.54) is 7.11 Å². The van der Waals surface area contributed by atoms with Gasteiger partial charge in [-0.15, -0.1) is 0 Å². The summed E-state index contributed by atoms with van der Waals surface area (Å²) < 4.78 is 4.50. The van der Waals surface area contributed by atoms with Crippen molar-refractivity contribution in [2.75, 3.05) is 13.7 Å². The van der Waals surface area contributed by atoms with Crippen LogP contribution in [0, 0.1) is 6.92 Å². The zero-order chi connectivity index (χ0) is 13.8. The molecule has 0 aliphatic heterocycles. The molecule has 0 bridgehead atoms. The van der Waals surface area contributed by atoms with Crippen LogP contribution in [-0.2, 0) is 11.2 Å². The maximum Gasteiger partial charge on any atom is 0.406 e. The molecule has 100 valence electrons. The molecule has 2 aromatic rings. The van der Waals surface area contributed by atoms with Gasteiger partial charge in [0.1, 0.15) is 0 Å². The molecule has 0 saturated heterocycles. The molecule has 0 aliphatic carbocycles. The van der Waals surface area contributed by atoms with E-state index in [1.807, 2.05) is 24.3 Å². The van der Waals surface area contributed by atoms with Gasteiger partial charge in [0.2, 0.25) is 0 Å². The van der Waals surface area contributed by atoms with Crippen molar-refractivity contribution < 1.29 is 9.53 Å². The van der Waals surface area contributed by atoms with Gasteiger partial charge in [0.15, 0.2) is 0 Å². The average Bonchev–Trinajstić information content (AvgIpc) is 2.40. The fourth-order valence-corrected chi connectivity index (χ4v) is 1.90. The number of aromatic nitrogens is 1. The van der Waals surface area contributed by atoms with Crippen molar-refractivity contribution in [1.82, 2.24) is 10.3 Å². The van der Waals surface area contributed by atoms with Crippen LogP contribution in [0.2, 0.25) is 0 Å². The number of hydrogen-bond acceptors (Lipinski definition) is 3. The van der Waals surface area contributed by atoms with Gasteiger partial charge in [0.05, 0.1) is 7.11 Å². The van der Waals surface area contributed by atoms with Crippen molar-refractivity contribution in [2.24, 2.45) is 0 Å². The van der Waals surface area contributed by atoms with Crippen molar-refractivity contribution in [1.29, 1.82) is 0 Å². The number of aromatic amines is 1. The number of nitrogens with one attached hydrogen (secondary N) is 2. The molecule has 0 aliphatic rings. The van der Waals surface area contributed by atoms with Crippen LogP contribution in [0.5, 0.6) is 0 Å². The highest BCUT2D eigenvalue weighted by atomic mass is 16.5. The van der Waals surface area contributed by atoms with Gasteiger partial charge in [-0.3, -0.25) is 4.79 Å². The highest BCUT2D eigenvalue weighted by molar-refractivity contribution is 5.79. The molecule has 19 heavy (non-hydrogen) atoms. The first-order valence-corrected chi connectivity index (χ1v) is 6.04. The lowest BCUT2D eigenvalue weighted by molar-refractivity contribution is 0.171. The molecule has 0 saturated carbocycles. The van der Waals surface area contributed by atoms with Crippen LogP contribution >= 0.6 is 0 Å². The topological polar surface area (TPSA) is 71.2 Å². The van der Waals surface area contributed by atoms with Gasteiger partial charge in [-0.2, -0.15) is 0 Å². The zero-order valence-corrected chi connectivity index (χ0v) is 10.9. The van der Waals surface area contributed by atoms with Gasteiger partial charge in [0.25, 0.3) is 5.56 Å². The molecule has 0 atom stereocenters. The third-order valence-corrected chi connectivity index (χ3v) is 2.96. The third kappa shape index (κ3) is 3.13. The Balaban J connectivity index is 2.15. The summed E-state index contributed by atoms with van der Waals surface area (Å²) in [6.07, 6.45) is 0.282. The fraction of sp³-hybridized carbons (Fsp3) is 0.286. The van der Waals surface area contributed by atoms with Gasteiger partial charge in [-0.25, -0.2) is 4.79 Å². The summed E-state index contributed by atoms with van der Waals surface area (Å²) in [5.41, 5.74) is 2.54. The molecular weight excluding hydrogens is 244 g/mol. The zero-order valence-electron chi connectivity index (χ0n) is 10.9. The Hall–Kier alpha value is -2.30. The van der Waals surface area contributed by atoms with E-state index in [1.54, 1.807) is 6.92 Å². The molecule has 1 heterocycles. The minimum atomic E-state index is -0.430. The van der Waals surface area contributed by atoms with Crippen LogP contribution in [0.1, 0.15) is 11.1 Å². The van der Waals surface area contributed by atoms with Crippen LogP contribution in [0.3, 0.4) is 0 Å². The van der Waals surface area contributed by atoms with Crippen LogP contribution in [0.4, 0.5) is 4.79 Å². The van der Waals surface area contributed by atoms with E-state index < -0.39 is 6.09 Å². The molecule has 5 nitrogen and oxygen atoms in total. The van der Waals surface area contributed by atoms with Crippen molar-refractivity contribution >= 4 is 17.0 Å². The number of carbonyl (C=O) groups is 1. The van der Waals surface area contributed by atoms with E-state index in [4.69, 9.17) is 0 Å². The van der Waals surface area contributed by atoms with Gasteiger partial charge in [-0.05, 0) is 42.5 Å². The number of amides is 1. The highest BCUT2D eigenvalue weighted by Crippen LogP contribution is 2.13. The summed E-state index contributed by atoms with van der Waals surface area (Å²) >= 11 is 0. The molecule has 1 aromatic heterocycles. The lowest BCUT2D eigenvalue weighted by Crippen LogP contribution is -2.25. The van der Waals surface area contributed by atoms with Crippen LogP contribution in [0.25, 0.3) is 10.9 Å². The van der Waals surface area contributed by atoms with Crippen molar-refractivity contribution in [2.45, 2.75) is 13.3 Å². The first-order valence-electron chi connectivity index (χ1n) is 6.04. The molecule has 1 aromatic carbocycles. The third-order valence-electron chi connectivity index (χ3n) is 2.96. The second kappa shape index (κ2) is 5.56. The lowest BCUT2D eigenvalue weighted by Gasteiger charge is -2.06. The largest absolute Gasteiger partial charge is 0.453 e. The first-order chi connectivity index (χ1) is 9.10. The Morgan fingerprint density at radius 1 is 1.37 bits per heavy atom. The summed E-state index contributed by atoms with van der Waals surface area (Å²) in [6.45, 7) is 2.30. The van der Waals surface area contributed by atoms with Gasteiger partial charge < -0.3 is 15.0 Å². The maximum atomic E-state index is 11.5. The number of rotatable bonds is 3. The molecule has 2 N–H and O–H groups in total. The molecule has 0 fully saturated rings. The van der Waals surface area contributed by atoms with E-state index in [9.17, 15) is 9.59 Å². The standard InChI is InChI=1S/C14H16N2O3/c1-9-7-11-8-10(5-6-15-14(18)19-2)3-4-12(11)16-13(9)17/h3-4,7-8H,5-6H2,1-2H3,(H,15,18)(H,16,17). The van der Waals surface area contributed by atoms with Gasteiger partial charge in [0, 0.05) is 17.6 Å². The molecule has 0 radical (unpaired) electrons. The van der Waals surface area contributed by atoms with E-state index in [0.717, 1.165) is 16.5 Å². The number of alkyl carbamates (subject to hydrolysis) is 1. The number of H-pyrrole nitrogens is 1. The number of fused-ring (bicyclic) bond motifs is 1. The molecule has 0 spiro atoms. The monoisotopic (exact) mass is 260 g/mol. The number of aryl methyl sites for hydroxylation is 1. The number of ether oxygens (including phenoxy) is 1. The van der Waals surface area contributed by atoms with Crippen LogP contribution in [-0.4, -0.2) is 24.7 Å². The fourth-order valence-electron chi connectivity index (χ4n) is 1.90. The van der Waals surface area contributed by atoms with Crippen LogP contribution in [0.15, 0.2) is 29.1 Å². The predicted molar refractivity (Wildman–Crippen MR) is 73.4 cm³/mol. The lowest BCUT2D eigenvalue weighted by atomic mass is 10.1. The van der Waals surface area contributed by atoms with Crippen molar-refractivity contribution in [3.8, 4) is 0 Å². The van der Waals surface area contributed by atoms with E-state index in [0.29, 0.717) is 18.5 Å². The molecule has 0 unspecified atom stereocenters. The Morgan fingerprint density at radius 2 is 2.16 bits per heavy atom. The Bertz CT molecular complexity index is 661. The number of benzene rings is 1. The van der Waals surface area contributed by atoms with E-state index in [-0.39, 0.29) is 5.56 Å². The molecule has 2 rings (SSSR count). The van der Waals surface area contributed by atoms with E-state index >= 15 is 0 Å². The Morgan fingerprint density at radius 3 is 2.89 bits per heavy atom. The number of hydrogen-bond donors (Lipinski definition) is 2. The minimum absolute atomic E-state index is 0.0624. The van der Waals surface area contributed by atoms with E-state index in [2.05, 4.69) is 15.0 Å². The number of pyridine rings is 1. The second-order valence-corrected chi connectivity index (χ2v) is 4.37. The number of methoxy groups -OCH3 is 1. The van der Waals surface area contributed by atoms with Gasteiger partial charge >= 0.3 is 6.09 Å². The molecule has 1 amide bonds. The van der Waals surface area contributed by atoms with Gasteiger partial charge in [-0.1, -0.05) is 6.07 Å². The van der Waals surface area contributed by atoms with Crippen LogP contribution < -0.4 is 10.9 Å². The Labute approximate surface area is 110 Å². The predicted octanol–water partition coefficient (Wildman–Crippen LogP) is 1.74.